The van der Waals surface area contributed by atoms with Gasteiger partial charge in [-0.15, -0.1) is 0 Å². The van der Waals surface area contributed by atoms with Crippen LogP contribution in [0.3, 0.4) is 0 Å². The summed E-state index contributed by atoms with van der Waals surface area (Å²) in [4.78, 5) is 0. The van der Waals surface area contributed by atoms with Gasteiger partial charge in [0.25, 0.3) is 0 Å². The lowest BCUT2D eigenvalue weighted by molar-refractivity contribution is -0.113. The molecule has 0 radical (unpaired) electrons. The van der Waals surface area contributed by atoms with Gasteiger partial charge in [0, 0.05) is 0 Å². The van der Waals surface area contributed by atoms with Crippen LogP contribution in [-0.2, 0) is 0 Å². The molecule has 0 aromatic heterocycles. The largest absolute Gasteiger partial charge is 0.393 e. The molecule has 0 spiro atoms. The van der Waals surface area contributed by atoms with Gasteiger partial charge in [-0.2, -0.15) is 0 Å². The standard InChI is InChI=1S/C23H40O2/c1-4-11-23(25)13-10-17-16(14-23)5-6-19-18(17)9-12-22(3)20(15(2)24)7-8-21(19)22/h15-21,24-25H,4-14H2,1-3H3/t15-,16-,17-,18+,19+,20+,21-,22+,23+/m0/s1. The van der Waals surface area contributed by atoms with E-state index in [1.807, 2.05) is 6.92 Å². The minimum atomic E-state index is -0.350. The van der Waals surface area contributed by atoms with Crippen LogP contribution in [0.5, 0.6) is 0 Å². The van der Waals surface area contributed by atoms with Gasteiger partial charge in [0.05, 0.1) is 11.7 Å². The Kier molecular flexibility index (Phi) is 4.77. The van der Waals surface area contributed by atoms with E-state index in [2.05, 4.69) is 13.8 Å². The SMILES string of the molecule is CCC[C@@]1(O)CC[C@H]2[C@@H](CC[C@@H]3[C@@H]2CC[C@]2(C)[C@@H]([C@H](C)O)CC[C@@H]32)C1. The second-order valence-electron chi connectivity index (χ2n) is 10.6. The predicted octanol–water partition coefficient (Wildman–Crippen LogP) is 5.17. The van der Waals surface area contributed by atoms with E-state index in [0.29, 0.717) is 11.3 Å². The summed E-state index contributed by atoms with van der Waals surface area (Å²) in [6, 6.07) is 0. The molecule has 0 bridgehead atoms. The van der Waals surface area contributed by atoms with Crippen molar-refractivity contribution in [2.24, 2.45) is 40.9 Å². The number of aliphatic hydroxyl groups is 2. The van der Waals surface area contributed by atoms with Crippen LogP contribution in [0.15, 0.2) is 0 Å². The molecule has 4 aliphatic carbocycles. The van der Waals surface area contributed by atoms with Gasteiger partial charge >= 0.3 is 0 Å². The molecule has 0 unspecified atom stereocenters. The minimum absolute atomic E-state index is 0.137. The molecule has 2 nitrogen and oxygen atoms in total. The highest BCUT2D eigenvalue weighted by Crippen LogP contribution is 2.65. The Bertz CT molecular complexity index is 488. The lowest BCUT2D eigenvalue weighted by Crippen LogP contribution is -2.51. The van der Waals surface area contributed by atoms with Crippen molar-refractivity contribution in [3.05, 3.63) is 0 Å². The molecule has 0 amide bonds. The summed E-state index contributed by atoms with van der Waals surface area (Å²) >= 11 is 0. The average molecular weight is 349 g/mol. The predicted molar refractivity (Wildman–Crippen MR) is 102 cm³/mol. The second kappa shape index (κ2) is 6.51. The van der Waals surface area contributed by atoms with E-state index in [4.69, 9.17) is 0 Å². The molecule has 4 rings (SSSR count). The van der Waals surface area contributed by atoms with Crippen LogP contribution in [0.25, 0.3) is 0 Å². The smallest absolute Gasteiger partial charge is 0.0650 e. The Morgan fingerprint density at radius 1 is 0.960 bits per heavy atom. The molecule has 4 fully saturated rings. The van der Waals surface area contributed by atoms with Crippen LogP contribution in [0, 0.1) is 40.9 Å². The third-order valence-corrected chi connectivity index (χ3v) is 9.47. The van der Waals surface area contributed by atoms with Gasteiger partial charge in [-0.05, 0) is 112 Å². The molecular formula is C23H40O2. The summed E-state index contributed by atoms with van der Waals surface area (Å²) in [5.74, 6) is 4.85. The van der Waals surface area contributed by atoms with Crippen LogP contribution >= 0.6 is 0 Å². The van der Waals surface area contributed by atoms with Gasteiger partial charge < -0.3 is 10.2 Å². The summed E-state index contributed by atoms with van der Waals surface area (Å²) in [6.07, 6.45) is 13.4. The first-order valence-corrected chi connectivity index (χ1v) is 11.3. The van der Waals surface area contributed by atoms with Crippen LogP contribution < -0.4 is 0 Å². The highest BCUT2D eigenvalue weighted by atomic mass is 16.3. The Morgan fingerprint density at radius 3 is 2.44 bits per heavy atom. The summed E-state index contributed by atoms with van der Waals surface area (Å²) in [7, 11) is 0. The van der Waals surface area contributed by atoms with Crippen LogP contribution in [0.1, 0.15) is 91.4 Å². The van der Waals surface area contributed by atoms with Crippen molar-refractivity contribution < 1.29 is 10.2 Å². The van der Waals surface area contributed by atoms with Gasteiger partial charge in [-0.25, -0.2) is 0 Å². The molecule has 0 aliphatic heterocycles. The minimum Gasteiger partial charge on any atom is -0.393 e. The molecule has 4 saturated carbocycles. The molecule has 9 atom stereocenters. The topological polar surface area (TPSA) is 40.5 Å². The third kappa shape index (κ3) is 2.90. The zero-order valence-electron chi connectivity index (χ0n) is 16.7. The van der Waals surface area contributed by atoms with E-state index in [9.17, 15) is 10.2 Å². The molecule has 0 aromatic rings. The first-order valence-electron chi connectivity index (χ1n) is 11.3. The number of fused-ring (bicyclic) bond motifs is 5. The quantitative estimate of drug-likeness (QED) is 0.739. The zero-order valence-corrected chi connectivity index (χ0v) is 16.7. The van der Waals surface area contributed by atoms with Gasteiger partial charge in [0.15, 0.2) is 0 Å². The van der Waals surface area contributed by atoms with E-state index in [1.165, 1.54) is 44.9 Å². The molecule has 0 saturated heterocycles. The molecule has 0 aromatic carbocycles. The third-order valence-electron chi connectivity index (χ3n) is 9.47. The molecule has 2 heteroatoms. The Morgan fingerprint density at radius 2 is 1.72 bits per heavy atom. The van der Waals surface area contributed by atoms with Crippen molar-refractivity contribution in [2.45, 2.75) is 103 Å². The number of aliphatic hydroxyl groups excluding tert-OH is 1. The maximum absolute atomic E-state index is 11.0. The van der Waals surface area contributed by atoms with Gasteiger partial charge in [-0.1, -0.05) is 20.3 Å². The fourth-order valence-corrected chi connectivity index (χ4v) is 8.49. The Balaban J connectivity index is 1.50. The number of hydrogen-bond donors (Lipinski definition) is 2. The molecule has 4 aliphatic rings. The fraction of sp³-hybridized carbons (Fsp3) is 1.00. The zero-order chi connectivity index (χ0) is 17.8. The summed E-state index contributed by atoms with van der Waals surface area (Å²) < 4.78 is 0. The van der Waals surface area contributed by atoms with Crippen LogP contribution in [0.2, 0.25) is 0 Å². The first-order chi connectivity index (χ1) is 11.9. The number of hydrogen-bond acceptors (Lipinski definition) is 2. The van der Waals surface area contributed by atoms with Crippen molar-refractivity contribution in [3.63, 3.8) is 0 Å². The van der Waals surface area contributed by atoms with Crippen LogP contribution in [0.4, 0.5) is 0 Å². The van der Waals surface area contributed by atoms with E-state index < -0.39 is 0 Å². The van der Waals surface area contributed by atoms with Gasteiger partial charge in [0.2, 0.25) is 0 Å². The van der Waals surface area contributed by atoms with Gasteiger partial charge in [-0.3, -0.25) is 0 Å². The van der Waals surface area contributed by atoms with E-state index in [1.54, 1.807) is 0 Å². The number of rotatable bonds is 3. The summed E-state index contributed by atoms with van der Waals surface area (Å²) in [6.45, 7) is 6.74. The molecule has 2 N–H and O–H groups in total. The lowest BCUT2D eigenvalue weighted by Gasteiger charge is -2.57. The van der Waals surface area contributed by atoms with Crippen molar-refractivity contribution in [3.8, 4) is 0 Å². The van der Waals surface area contributed by atoms with Crippen molar-refractivity contribution in [2.75, 3.05) is 0 Å². The van der Waals surface area contributed by atoms with Crippen molar-refractivity contribution >= 4 is 0 Å². The summed E-state index contributed by atoms with van der Waals surface area (Å²) in [5.41, 5.74) is 0.0382. The Hall–Kier alpha value is -0.0800. The van der Waals surface area contributed by atoms with E-state index >= 15 is 0 Å². The van der Waals surface area contributed by atoms with Crippen molar-refractivity contribution in [1.82, 2.24) is 0 Å². The van der Waals surface area contributed by atoms with Crippen LogP contribution in [-0.4, -0.2) is 21.9 Å². The monoisotopic (exact) mass is 348 g/mol. The lowest BCUT2D eigenvalue weighted by atomic mass is 9.48. The Labute approximate surface area is 154 Å². The molecule has 25 heavy (non-hydrogen) atoms. The first kappa shape index (κ1) is 18.3. The second-order valence-corrected chi connectivity index (χ2v) is 10.6. The normalized spacial score (nSPS) is 53.6. The highest BCUT2D eigenvalue weighted by molar-refractivity contribution is 5.07. The molecular weight excluding hydrogens is 308 g/mol. The molecule has 144 valence electrons. The van der Waals surface area contributed by atoms with Crippen molar-refractivity contribution in [1.29, 1.82) is 0 Å². The van der Waals surface area contributed by atoms with Gasteiger partial charge in [0.1, 0.15) is 0 Å². The van der Waals surface area contributed by atoms with E-state index in [-0.39, 0.29) is 11.7 Å². The average Bonchev–Trinajstić information content (AvgIpc) is 2.91. The van der Waals surface area contributed by atoms with E-state index in [0.717, 1.165) is 55.3 Å². The maximum Gasteiger partial charge on any atom is 0.0650 e. The highest BCUT2D eigenvalue weighted by Gasteiger charge is 2.58. The fourth-order valence-electron chi connectivity index (χ4n) is 8.49. The maximum atomic E-state index is 11.0. The molecule has 0 heterocycles. The summed E-state index contributed by atoms with van der Waals surface area (Å²) in [5, 5.41) is 21.3.